The van der Waals surface area contributed by atoms with Crippen LogP contribution in [0.25, 0.3) is 0 Å². The number of unbranched alkanes of at least 4 members (excludes halogenated alkanes) is 1. The van der Waals surface area contributed by atoms with Crippen LogP contribution >= 0.6 is 0 Å². The second-order valence-corrected chi connectivity index (χ2v) is 9.03. The summed E-state index contributed by atoms with van der Waals surface area (Å²) >= 11 is 0. The summed E-state index contributed by atoms with van der Waals surface area (Å²) in [5.41, 5.74) is 3.97. The molecule has 5 rings (SSSR count). The van der Waals surface area contributed by atoms with Crippen molar-refractivity contribution in [2.45, 2.75) is 57.9 Å². The van der Waals surface area contributed by atoms with Crippen LogP contribution in [0.3, 0.4) is 0 Å². The van der Waals surface area contributed by atoms with Crippen LogP contribution in [-0.4, -0.2) is 48.0 Å². The van der Waals surface area contributed by atoms with E-state index in [4.69, 9.17) is 6.42 Å². The Morgan fingerprint density at radius 3 is 2.83 bits per heavy atom. The Hall–Kier alpha value is -4.39. The predicted molar refractivity (Wildman–Crippen MR) is 131 cm³/mol. The number of aryl methyl sites for hydroxylation is 2. The van der Waals surface area contributed by atoms with E-state index < -0.39 is 11.9 Å². The third-order valence-corrected chi connectivity index (χ3v) is 6.58. The number of terminal acetylenes is 1. The molecule has 4 heterocycles. The Bertz CT molecular complexity index is 1350. The molecular formula is C26H27N7O3. The lowest BCUT2D eigenvalue weighted by molar-refractivity contribution is -0.136. The van der Waals surface area contributed by atoms with Gasteiger partial charge in [-0.15, -0.1) is 6.42 Å². The number of imidazole rings is 1. The number of fused-ring (bicyclic) bond motifs is 1. The maximum Gasteiger partial charge on any atom is 0.255 e. The van der Waals surface area contributed by atoms with E-state index >= 15 is 0 Å². The normalized spacial score (nSPS) is 17.1. The fourth-order valence-corrected chi connectivity index (χ4v) is 4.69. The standard InChI is InChI=1S/C26H27N7O3/c1-2-18-12-29-32(14-18)11-4-3-10-31-15-19(28-17-31)13-27-22-7-5-6-20-21(22)16-33(26(20)36)23-8-9-24(34)30-25(23)35/h1,5-7,12,14-15,17,23,27H,3-4,8-11,13,16H2,(H,30,34,35). The van der Waals surface area contributed by atoms with Crippen molar-refractivity contribution in [2.75, 3.05) is 5.32 Å². The number of anilines is 1. The van der Waals surface area contributed by atoms with Gasteiger partial charge in [-0.3, -0.25) is 24.4 Å². The van der Waals surface area contributed by atoms with Gasteiger partial charge in [0.05, 0.1) is 30.3 Å². The molecule has 1 aromatic carbocycles. The summed E-state index contributed by atoms with van der Waals surface area (Å²) in [6.45, 7) is 2.51. The minimum atomic E-state index is -0.626. The topological polar surface area (TPSA) is 114 Å². The van der Waals surface area contributed by atoms with Crippen molar-refractivity contribution in [3.63, 3.8) is 0 Å². The quantitative estimate of drug-likeness (QED) is 0.272. The number of hydrogen-bond donors (Lipinski definition) is 2. The molecule has 1 fully saturated rings. The molecular weight excluding hydrogens is 458 g/mol. The maximum absolute atomic E-state index is 13.0. The molecule has 10 nitrogen and oxygen atoms in total. The van der Waals surface area contributed by atoms with Crippen molar-refractivity contribution in [3.8, 4) is 12.3 Å². The molecule has 2 N–H and O–H groups in total. The first-order valence-electron chi connectivity index (χ1n) is 12.0. The molecule has 1 atom stereocenters. The molecule has 184 valence electrons. The molecule has 1 saturated heterocycles. The molecule has 0 radical (unpaired) electrons. The summed E-state index contributed by atoms with van der Waals surface area (Å²) in [6.07, 6.45) is 15.3. The Balaban J connectivity index is 1.14. The van der Waals surface area contributed by atoms with Crippen LogP contribution in [0.5, 0.6) is 0 Å². The smallest absolute Gasteiger partial charge is 0.255 e. The lowest BCUT2D eigenvalue weighted by Crippen LogP contribution is -2.52. The molecule has 0 spiro atoms. The Labute approximate surface area is 208 Å². The summed E-state index contributed by atoms with van der Waals surface area (Å²) < 4.78 is 3.93. The molecule has 0 bridgehead atoms. The summed E-state index contributed by atoms with van der Waals surface area (Å²) in [6, 6.07) is 4.91. The van der Waals surface area contributed by atoms with Crippen LogP contribution in [0.15, 0.2) is 43.1 Å². The molecule has 2 aliphatic rings. The molecule has 3 amide bonds. The third-order valence-electron chi connectivity index (χ3n) is 6.58. The number of imide groups is 1. The van der Waals surface area contributed by atoms with Gasteiger partial charge in [0.1, 0.15) is 6.04 Å². The second-order valence-electron chi connectivity index (χ2n) is 9.03. The average molecular weight is 486 g/mol. The molecule has 0 saturated carbocycles. The Morgan fingerprint density at radius 2 is 2.03 bits per heavy atom. The van der Waals surface area contributed by atoms with Gasteiger partial charge in [0.25, 0.3) is 5.91 Å². The number of piperidine rings is 1. The second kappa shape index (κ2) is 10.1. The summed E-state index contributed by atoms with van der Waals surface area (Å²) in [4.78, 5) is 42.8. The molecule has 0 aliphatic carbocycles. The van der Waals surface area contributed by atoms with Crippen molar-refractivity contribution in [3.05, 3.63) is 65.5 Å². The van der Waals surface area contributed by atoms with E-state index in [1.165, 1.54) is 0 Å². The van der Waals surface area contributed by atoms with Gasteiger partial charge in [0, 0.05) is 55.3 Å². The summed E-state index contributed by atoms with van der Waals surface area (Å²) in [5.74, 6) is 1.70. The number of nitrogens with zero attached hydrogens (tertiary/aromatic N) is 5. The number of carbonyl (C=O) groups is 3. The van der Waals surface area contributed by atoms with Crippen molar-refractivity contribution in [2.24, 2.45) is 0 Å². The number of hydrogen-bond acceptors (Lipinski definition) is 6. The maximum atomic E-state index is 13.0. The zero-order chi connectivity index (χ0) is 25.1. The summed E-state index contributed by atoms with van der Waals surface area (Å²) in [5, 5.41) is 9.98. The fourth-order valence-electron chi connectivity index (χ4n) is 4.69. The van der Waals surface area contributed by atoms with E-state index in [0.717, 1.165) is 48.4 Å². The van der Waals surface area contributed by atoms with Crippen LogP contribution in [0.2, 0.25) is 0 Å². The monoisotopic (exact) mass is 485 g/mol. The Kier molecular flexibility index (Phi) is 6.54. The number of nitrogens with one attached hydrogen (secondary N) is 2. The molecule has 10 heteroatoms. The molecule has 1 unspecified atom stereocenters. The van der Waals surface area contributed by atoms with Gasteiger partial charge in [0.15, 0.2) is 0 Å². The van der Waals surface area contributed by atoms with E-state index in [-0.39, 0.29) is 18.2 Å². The minimum absolute atomic E-state index is 0.182. The van der Waals surface area contributed by atoms with Crippen LogP contribution in [0.4, 0.5) is 5.69 Å². The van der Waals surface area contributed by atoms with Gasteiger partial charge in [-0.2, -0.15) is 5.10 Å². The average Bonchev–Trinajstić information content (AvgIpc) is 3.60. The lowest BCUT2D eigenvalue weighted by Gasteiger charge is -2.29. The lowest BCUT2D eigenvalue weighted by atomic mass is 10.0. The van der Waals surface area contributed by atoms with Crippen LogP contribution in [-0.2, 0) is 35.8 Å². The van der Waals surface area contributed by atoms with E-state index in [0.29, 0.717) is 25.1 Å². The van der Waals surface area contributed by atoms with Crippen LogP contribution in [0.1, 0.15) is 52.9 Å². The van der Waals surface area contributed by atoms with Crippen LogP contribution in [0, 0.1) is 12.3 Å². The van der Waals surface area contributed by atoms with Crippen LogP contribution < -0.4 is 10.6 Å². The number of benzene rings is 1. The van der Waals surface area contributed by atoms with Crippen molar-refractivity contribution in [1.29, 1.82) is 0 Å². The van der Waals surface area contributed by atoms with Crippen molar-refractivity contribution >= 4 is 23.4 Å². The highest BCUT2D eigenvalue weighted by molar-refractivity contribution is 6.06. The first-order chi connectivity index (χ1) is 17.5. The predicted octanol–water partition coefficient (Wildman–Crippen LogP) is 1.91. The van der Waals surface area contributed by atoms with Crippen molar-refractivity contribution < 1.29 is 14.4 Å². The molecule has 2 aromatic heterocycles. The zero-order valence-electron chi connectivity index (χ0n) is 19.8. The highest BCUT2D eigenvalue weighted by atomic mass is 16.2. The number of amides is 3. The number of aromatic nitrogens is 4. The van der Waals surface area contributed by atoms with Gasteiger partial charge >= 0.3 is 0 Å². The Morgan fingerprint density at radius 1 is 1.17 bits per heavy atom. The number of carbonyl (C=O) groups excluding carboxylic acids is 3. The van der Waals surface area contributed by atoms with Crippen molar-refractivity contribution in [1.82, 2.24) is 29.5 Å². The van der Waals surface area contributed by atoms with Gasteiger partial charge in [-0.25, -0.2) is 4.98 Å². The molecule has 36 heavy (non-hydrogen) atoms. The molecule has 3 aromatic rings. The van der Waals surface area contributed by atoms with Gasteiger partial charge in [0.2, 0.25) is 11.8 Å². The largest absolute Gasteiger partial charge is 0.379 e. The highest BCUT2D eigenvalue weighted by Gasteiger charge is 2.39. The van der Waals surface area contributed by atoms with E-state index in [1.807, 2.05) is 35.5 Å². The van der Waals surface area contributed by atoms with E-state index in [9.17, 15) is 14.4 Å². The van der Waals surface area contributed by atoms with Gasteiger partial charge in [-0.05, 0) is 31.4 Å². The van der Waals surface area contributed by atoms with E-state index in [1.54, 1.807) is 17.2 Å². The first-order valence-corrected chi connectivity index (χ1v) is 12.0. The highest BCUT2D eigenvalue weighted by Crippen LogP contribution is 2.32. The summed E-state index contributed by atoms with van der Waals surface area (Å²) in [7, 11) is 0. The zero-order valence-corrected chi connectivity index (χ0v) is 19.8. The SMILES string of the molecule is C#Cc1cnn(CCCCn2cnc(CNc3cccc4c3CN(C3CCC(=O)NC3=O)C4=O)c2)c1. The van der Waals surface area contributed by atoms with E-state index in [2.05, 4.69) is 31.2 Å². The molecule has 2 aliphatic heterocycles. The fraction of sp³-hybridized carbons (Fsp3) is 0.346. The van der Waals surface area contributed by atoms with Gasteiger partial charge in [-0.1, -0.05) is 12.0 Å². The first kappa shape index (κ1) is 23.4. The third kappa shape index (κ3) is 4.86. The number of rotatable bonds is 9. The minimum Gasteiger partial charge on any atom is -0.379 e. The van der Waals surface area contributed by atoms with Gasteiger partial charge < -0.3 is 14.8 Å².